The highest BCUT2D eigenvalue weighted by atomic mass is 19.1. The van der Waals surface area contributed by atoms with Crippen molar-refractivity contribution in [2.24, 2.45) is 0 Å². The van der Waals surface area contributed by atoms with Crippen molar-refractivity contribution in [3.8, 4) is 0 Å². The zero-order chi connectivity index (χ0) is 25.8. The lowest BCUT2D eigenvalue weighted by Gasteiger charge is -2.28. The fraction of sp³-hybridized carbons (Fsp3) is 0.560. The molecule has 0 bridgehead atoms. The van der Waals surface area contributed by atoms with E-state index < -0.39 is 28.9 Å². The number of carbonyl (C=O) groups is 2. The minimum atomic E-state index is -1.33. The predicted octanol–water partition coefficient (Wildman–Crippen LogP) is 3.65. The summed E-state index contributed by atoms with van der Waals surface area (Å²) >= 11 is 0. The second-order valence-corrected chi connectivity index (χ2v) is 10.6. The number of carboxylic acids is 1. The summed E-state index contributed by atoms with van der Waals surface area (Å²) in [7, 11) is 3.28. The highest BCUT2D eigenvalue weighted by Gasteiger charge is 2.35. The third kappa shape index (κ3) is 4.66. The maximum absolute atomic E-state index is 16.1. The van der Waals surface area contributed by atoms with E-state index >= 15 is 4.39 Å². The van der Waals surface area contributed by atoms with Gasteiger partial charge in [-0.25, -0.2) is 14.0 Å². The molecule has 1 aliphatic heterocycles. The van der Waals surface area contributed by atoms with E-state index in [0.717, 1.165) is 12.8 Å². The van der Waals surface area contributed by atoms with Gasteiger partial charge in [-0.2, -0.15) is 0 Å². The molecule has 190 valence electrons. The number of ether oxygens (including phenoxy) is 1. The lowest BCUT2D eigenvalue weighted by atomic mass is 10.0. The van der Waals surface area contributed by atoms with Crippen molar-refractivity contribution in [1.29, 1.82) is 0 Å². The highest BCUT2D eigenvalue weighted by molar-refractivity contribution is 6.02. The van der Waals surface area contributed by atoms with Crippen molar-refractivity contribution in [3.63, 3.8) is 0 Å². The Morgan fingerprint density at radius 2 is 1.89 bits per heavy atom. The molecule has 0 radical (unpaired) electrons. The number of nitrogens with zero attached hydrogens (tertiary/aromatic N) is 3. The first-order chi connectivity index (χ1) is 16.3. The van der Waals surface area contributed by atoms with Crippen molar-refractivity contribution in [1.82, 2.24) is 9.88 Å². The first kappa shape index (κ1) is 24.8. The molecule has 1 aromatic heterocycles. The van der Waals surface area contributed by atoms with Gasteiger partial charge in [0.05, 0.1) is 28.3 Å². The highest BCUT2D eigenvalue weighted by Crippen LogP contribution is 2.44. The molecule has 1 aromatic carbocycles. The Hall–Kier alpha value is -3.30. The minimum Gasteiger partial charge on any atom is -0.477 e. The second-order valence-electron chi connectivity index (χ2n) is 10.6. The van der Waals surface area contributed by atoms with Gasteiger partial charge in [0.1, 0.15) is 11.2 Å². The van der Waals surface area contributed by atoms with E-state index in [-0.39, 0.29) is 28.7 Å². The third-order valence-corrected chi connectivity index (χ3v) is 6.44. The number of alkyl carbamates (subject to hydrolysis) is 1. The SMILES string of the molecule is Cc1c(N2CC[C@H](NC(=O)OC(C)(C)C)C2)c(F)c(N(C)C)c2c(=O)c(C(=O)O)cn(C3CC3)c12. The molecule has 4 rings (SSSR count). The van der Waals surface area contributed by atoms with E-state index in [9.17, 15) is 19.5 Å². The summed E-state index contributed by atoms with van der Waals surface area (Å²) in [6.07, 6.45) is 3.23. The van der Waals surface area contributed by atoms with Crippen LogP contribution in [0.25, 0.3) is 10.9 Å². The molecule has 0 spiro atoms. The number of aryl methyl sites for hydroxylation is 1. The normalized spacial score (nSPS) is 18.1. The summed E-state index contributed by atoms with van der Waals surface area (Å²) in [5.74, 6) is -1.89. The van der Waals surface area contributed by atoms with Gasteiger partial charge in [-0.3, -0.25) is 4.79 Å². The Balaban J connectivity index is 1.83. The van der Waals surface area contributed by atoms with Gasteiger partial charge in [-0.05, 0) is 52.5 Å². The number of carbonyl (C=O) groups excluding carboxylic acids is 1. The number of amides is 1. The van der Waals surface area contributed by atoms with Gasteiger partial charge in [0, 0.05) is 39.4 Å². The zero-order valence-electron chi connectivity index (χ0n) is 21.1. The molecule has 2 heterocycles. The van der Waals surface area contributed by atoms with Crippen LogP contribution in [0, 0.1) is 12.7 Å². The standard InChI is InChI=1S/C25H33FN4O5/c1-13-19-17(22(31)16(23(32)33)12-30(19)15-7-8-15)21(28(5)6)18(26)20(13)29-10-9-14(11-29)27-24(34)35-25(2,3)4/h12,14-15H,7-11H2,1-6H3,(H,27,34)(H,32,33)/t14-/m0/s1. The van der Waals surface area contributed by atoms with E-state index in [1.807, 2.05) is 9.47 Å². The number of fused-ring (bicyclic) bond motifs is 1. The predicted molar refractivity (Wildman–Crippen MR) is 132 cm³/mol. The van der Waals surface area contributed by atoms with Crippen LogP contribution in [0.1, 0.15) is 62.0 Å². The molecule has 0 unspecified atom stereocenters. The van der Waals surface area contributed by atoms with Crippen LogP contribution >= 0.6 is 0 Å². The number of rotatable bonds is 5. The van der Waals surface area contributed by atoms with Crippen LogP contribution in [0.2, 0.25) is 0 Å². The molecule has 1 aliphatic carbocycles. The number of benzene rings is 1. The molecule has 1 atom stereocenters. The topological polar surface area (TPSA) is 104 Å². The molecule has 10 heteroatoms. The zero-order valence-corrected chi connectivity index (χ0v) is 21.1. The maximum atomic E-state index is 16.1. The quantitative estimate of drug-likeness (QED) is 0.662. The van der Waals surface area contributed by atoms with Crippen molar-refractivity contribution in [2.75, 3.05) is 37.0 Å². The van der Waals surface area contributed by atoms with E-state index in [1.165, 1.54) is 11.1 Å². The van der Waals surface area contributed by atoms with Crippen LogP contribution in [-0.4, -0.2) is 60.6 Å². The van der Waals surface area contributed by atoms with Crippen molar-refractivity contribution in [3.05, 3.63) is 33.4 Å². The van der Waals surface area contributed by atoms with E-state index in [1.54, 1.807) is 41.8 Å². The molecule has 2 N–H and O–H groups in total. The number of hydrogen-bond donors (Lipinski definition) is 2. The second kappa shape index (κ2) is 8.73. The van der Waals surface area contributed by atoms with Crippen molar-refractivity contribution < 1.29 is 23.8 Å². The summed E-state index contributed by atoms with van der Waals surface area (Å²) < 4.78 is 23.3. The summed E-state index contributed by atoms with van der Waals surface area (Å²) in [4.78, 5) is 40.7. The van der Waals surface area contributed by atoms with Gasteiger partial charge in [-0.1, -0.05) is 0 Å². The molecule has 1 saturated heterocycles. The molecular weight excluding hydrogens is 455 g/mol. The Labute approximate surface area is 203 Å². The van der Waals surface area contributed by atoms with Crippen LogP contribution in [-0.2, 0) is 4.74 Å². The summed E-state index contributed by atoms with van der Waals surface area (Å²) in [6.45, 7) is 8.04. The van der Waals surface area contributed by atoms with E-state index in [0.29, 0.717) is 36.3 Å². The fourth-order valence-electron chi connectivity index (χ4n) is 4.88. The van der Waals surface area contributed by atoms with E-state index in [4.69, 9.17) is 4.74 Å². The Kier molecular flexibility index (Phi) is 6.19. The molecule has 2 aliphatic rings. The van der Waals surface area contributed by atoms with Gasteiger partial charge < -0.3 is 29.5 Å². The lowest BCUT2D eigenvalue weighted by Crippen LogP contribution is -2.40. The van der Waals surface area contributed by atoms with Crippen LogP contribution in [0.15, 0.2) is 11.0 Å². The van der Waals surface area contributed by atoms with Gasteiger partial charge in [0.25, 0.3) is 0 Å². The molecule has 9 nitrogen and oxygen atoms in total. The maximum Gasteiger partial charge on any atom is 0.407 e. The number of anilines is 2. The van der Waals surface area contributed by atoms with Crippen LogP contribution < -0.4 is 20.5 Å². The van der Waals surface area contributed by atoms with Crippen LogP contribution in [0.3, 0.4) is 0 Å². The average Bonchev–Trinajstić information content (AvgIpc) is 3.46. The Bertz CT molecular complexity index is 1260. The van der Waals surface area contributed by atoms with Crippen LogP contribution in [0.5, 0.6) is 0 Å². The molecule has 1 saturated carbocycles. The molecule has 2 fully saturated rings. The van der Waals surface area contributed by atoms with Crippen molar-refractivity contribution in [2.45, 2.75) is 64.6 Å². The first-order valence-corrected chi connectivity index (χ1v) is 11.9. The van der Waals surface area contributed by atoms with Gasteiger partial charge in [0.15, 0.2) is 5.82 Å². The van der Waals surface area contributed by atoms with Gasteiger partial charge >= 0.3 is 12.1 Å². The summed E-state index contributed by atoms with van der Waals surface area (Å²) in [5, 5.41) is 12.6. The van der Waals surface area contributed by atoms with Gasteiger partial charge in [-0.15, -0.1) is 0 Å². The average molecular weight is 489 g/mol. The molecule has 35 heavy (non-hydrogen) atoms. The summed E-state index contributed by atoms with van der Waals surface area (Å²) in [5.41, 5.74) is -0.0774. The number of carboxylic acid groups (broad SMARTS) is 1. The number of hydrogen-bond acceptors (Lipinski definition) is 6. The molecule has 2 aromatic rings. The number of aromatic carboxylic acids is 1. The minimum absolute atomic E-state index is 0.0726. The number of aromatic nitrogens is 1. The largest absolute Gasteiger partial charge is 0.477 e. The lowest BCUT2D eigenvalue weighted by molar-refractivity contribution is 0.0508. The smallest absolute Gasteiger partial charge is 0.407 e. The Morgan fingerprint density at radius 1 is 1.23 bits per heavy atom. The monoisotopic (exact) mass is 488 g/mol. The van der Waals surface area contributed by atoms with Crippen LogP contribution in [0.4, 0.5) is 20.6 Å². The first-order valence-electron chi connectivity index (χ1n) is 11.9. The molecular formula is C25H33FN4O5. The third-order valence-electron chi connectivity index (χ3n) is 6.44. The van der Waals surface area contributed by atoms with Crippen molar-refractivity contribution >= 4 is 34.3 Å². The number of nitrogens with one attached hydrogen (secondary N) is 1. The molecule has 1 amide bonds. The van der Waals surface area contributed by atoms with Gasteiger partial charge in [0.2, 0.25) is 5.43 Å². The van der Waals surface area contributed by atoms with E-state index in [2.05, 4.69) is 5.32 Å². The number of halogens is 1. The number of pyridine rings is 1. The summed E-state index contributed by atoms with van der Waals surface area (Å²) in [6, 6.07) is -0.148. The fourth-order valence-corrected chi connectivity index (χ4v) is 4.88. The Morgan fingerprint density at radius 3 is 2.43 bits per heavy atom.